The van der Waals surface area contributed by atoms with E-state index in [0.717, 1.165) is 28.9 Å². The number of nitrogens with one attached hydrogen (secondary N) is 1. The summed E-state index contributed by atoms with van der Waals surface area (Å²) < 4.78 is 0.952. The van der Waals surface area contributed by atoms with Gasteiger partial charge in [-0.05, 0) is 48.8 Å². The molecule has 18 heavy (non-hydrogen) atoms. The Balaban J connectivity index is 2.52. The third kappa shape index (κ3) is 3.85. The highest BCUT2D eigenvalue weighted by atomic mass is 79.9. The van der Waals surface area contributed by atoms with Crippen LogP contribution in [0.1, 0.15) is 25.8 Å². The van der Waals surface area contributed by atoms with Crippen molar-refractivity contribution in [1.29, 1.82) is 0 Å². The highest BCUT2D eigenvalue weighted by Gasteiger charge is 2.09. The Morgan fingerprint density at radius 3 is 2.83 bits per heavy atom. The number of nitrogens with two attached hydrogens (primary N) is 1. The highest BCUT2D eigenvalue weighted by Crippen LogP contribution is 2.27. The molecule has 1 unspecified atom stereocenters. The molecule has 0 saturated carbocycles. The van der Waals surface area contributed by atoms with Crippen LogP contribution < -0.4 is 11.1 Å². The lowest BCUT2D eigenvalue weighted by molar-refractivity contribution is 0.261. The lowest BCUT2D eigenvalue weighted by atomic mass is 10.2. The minimum absolute atomic E-state index is 0.608. The molecule has 1 rings (SSSR count). The maximum atomic E-state index is 5.80. The molecule has 4 nitrogen and oxygen atoms in total. The SMILES string of the molecule is CCC(C)N(C)CCNc1ncc(N)c(C)c1Br. The zero-order valence-electron chi connectivity index (χ0n) is 11.6. The summed E-state index contributed by atoms with van der Waals surface area (Å²) in [5.41, 5.74) is 7.54. The first-order valence-electron chi connectivity index (χ1n) is 6.32. The van der Waals surface area contributed by atoms with Crippen LogP contribution in [0.2, 0.25) is 0 Å². The molecule has 102 valence electrons. The molecule has 0 saturated heterocycles. The van der Waals surface area contributed by atoms with Gasteiger partial charge in [-0.1, -0.05) is 6.92 Å². The Morgan fingerprint density at radius 1 is 1.56 bits per heavy atom. The van der Waals surface area contributed by atoms with Crippen LogP contribution in [-0.4, -0.2) is 36.1 Å². The Morgan fingerprint density at radius 2 is 2.22 bits per heavy atom. The van der Waals surface area contributed by atoms with Gasteiger partial charge in [0.2, 0.25) is 0 Å². The van der Waals surface area contributed by atoms with Crippen molar-refractivity contribution in [1.82, 2.24) is 9.88 Å². The first-order valence-corrected chi connectivity index (χ1v) is 7.11. The Kier molecular flexibility index (Phi) is 5.88. The van der Waals surface area contributed by atoms with Gasteiger partial charge in [-0.2, -0.15) is 0 Å². The van der Waals surface area contributed by atoms with Gasteiger partial charge in [0, 0.05) is 19.1 Å². The summed E-state index contributed by atoms with van der Waals surface area (Å²) in [4.78, 5) is 6.64. The minimum Gasteiger partial charge on any atom is -0.397 e. The molecule has 1 aromatic heterocycles. The standard InChI is InChI=1S/C13H23BrN4/c1-5-9(2)18(4)7-6-16-13-12(14)10(3)11(15)8-17-13/h8-9H,5-7,15H2,1-4H3,(H,16,17). The zero-order valence-corrected chi connectivity index (χ0v) is 13.2. The summed E-state index contributed by atoms with van der Waals surface area (Å²) in [6, 6.07) is 0.608. The van der Waals surface area contributed by atoms with E-state index in [9.17, 15) is 0 Å². The average Bonchev–Trinajstić information content (AvgIpc) is 2.37. The van der Waals surface area contributed by atoms with Crippen LogP contribution in [0.15, 0.2) is 10.7 Å². The monoisotopic (exact) mass is 314 g/mol. The number of anilines is 2. The summed E-state index contributed by atoms with van der Waals surface area (Å²) in [6.07, 6.45) is 2.86. The van der Waals surface area contributed by atoms with Crippen LogP contribution >= 0.6 is 15.9 Å². The molecular weight excluding hydrogens is 292 g/mol. The average molecular weight is 315 g/mol. The number of nitrogen functional groups attached to an aromatic ring is 1. The van der Waals surface area contributed by atoms with E-state index in [1.165, 1.54) is 6.42 Å². The summed E-state index contributed by atoms with van der Waals surface area (Å²) in [5.74, 6) is 0.860. The minimum atomic E-state index is 0.608. The molecule has 0 aromatic carbocycles. The summed E-state index contributed by atoms with van der Waals surface area (Å²) in [7, 11) is 2.15. The Labute approximate surface area is 118 Å². The number of hydrogen-bond acceptors (Lipinski definition) is 4. The van der Waals surface area contributed by atoms with Crippen molar-refractivity contribution < 1.29 is 0 Å². The fourth-order valence-electron chi connectivity index (χ4n) is 1.60. The topological polar surface area (TPSA) is 54.2 Å². The molecule has 0 aliphatic carbocycles. The molecule has 5 heteroatoms. The van der Waals surface area contributed by atoms with E-state index in [4.69, 9.17) is 5.73 Å². The Hall–Kier alpha value is -0.810. The van der Waals surface area contributed by atoms with E-state index < -0.39 is 0 Å². The molecule has 0 radical (unpaired) electrons. The maximum Gasteiger partial charge on any atom is 0.140 e. The van der Waals surface area contributed by atoms with Gasteiger partial charge >= 0.3 is 0 Å². The number of rotatable bonds is 6. The number of pyridine rings is 1. The lowest BCUT2D eigenvalue weighted by Crippen LogP contribution is -2.32. The second-order valence-electron chi connectivity index (χ2n) is 4.67. The molecule has 3 N–H and O–H groups in total. The van der Waals surface area contributed by atoms with Gasteiger partial charge in [-0.3, -0.25) is 0 Å². The van der Waals surface area contributed by atoms with E-state index >= 15 is 0 Å². The number of aromatic nitrogens is 1. The van der Waals surface area contributed by atoms with Crippen LogP contribution in [0.25, 0.3) is 0 Å². The smallest absolute Gasteiger partial charge is 0.140 e. The third-order valence-electron chi connectivity index (χ3n) is 3.40. The van der Waals surface area contributed by atoms with Crippen LogP contribution in [0, 0.1) is 6.92 Å². The van der Waals surface area contributed by atoms with Gasteiger partial charge in [0.15, 0.2) is 0 Å². The van der Waals surface area contributed by atoms with E-state index in [1.807, 2.05) is 6.92 Å². The molecule has 0 amide bonds. The van der Waals surface area contributed by atoms with Crippen molar-refractivity contribution in [2.45, 2.75) is 33.2 Å². The number of halogens is 1. The van der Waals surface area contributed by atoms with E-state index in [1.54, 1.807) is 6.20 Å². The lowest BCUT2D eigenvalue weighted by Gasteiger charge is -2.23. The fraction of sp³-hybridized carbons (Fsp3) is 0.615. The predicted molar refractivity (Wildman–Crippen MR) is 82.0 cm³/mol. The molecule has 0 aliphatic rings. The number of hydrogen-bond donors (Lipinski definition) is 2. The number of likely N-dealkylation sites (N-methyl/N-ethyl adjacent to an activating group) is 1. The first-order chi connectivity index (χ1) is 8.47. The zero-order chi connectivity index (χ0) is 13.7. The van der Waals surface area contributed by atoms with Gasteiger partial charge in [0.25, 0.3) is 0 Å². The second kappa shape index (κ2) is 6.95. The normalized spacial score (nSPS) is 12.8. The summed E-state index contributed by atoms with van der Waals surface area (Å²) >= 11 is 3.52. The maximum absolute atomic E-state index is 5.80. The number of nitrogens with zero attached hydrogens (tertiary/aromatic N) is 2. The third-order valence-corrected chi connectivity index (χ3v) is 4.37. The van der Waals surface area contributed by atoms with Crippen molar-refractivity contribution in [2.75, 3.05) is 31.2 Å². The van der Waals surface area contributed by atoms with Crippen LogP contribution in [-0.2, 0) is 0 Å². The molecule has 1 aromatic rings. The second-order valence-corrected chi connectivity index (χ2v) is 5.46. The van der Waals surface area contributed by atoms with Crippen LogP contribution in [0.5, 0.6) is 0 Å². The van der Waals surface area contributed by atoms with Crippen molar-refractivity contribution >= 4 is 27.4 Å². The van der Waals surface area contributed by atoms with Gasteiger partial charge in [0.1, 0.15) is 5.82 Å². The van der Waals surface area contributed by atoms with Gasteiger partial charge in [0.05, 0.1) is 16.4 Å². The summed E-state index contributed by atoms with van der Waals surface area (Å²) in [5, 5.41) is 3.34. The fourth-order valence-corrected chi connectivity index (χ4v) is 2.07. The molecule has 0 bridgehead atoms. The first kappa shape index (κ1) is 15.2. The molecule has 0 fully saturated rings. The molecule has 0 aliphatic heterocycles. The van der Waals surface area contributed by atoms with Crippen LogP contribution in [0.4, 0.5) is 11.5 Å². The molecule has 1 heterocycles. The predicted octanol–water partition coefficient (Wildman–Crippen LogP) is 2.88. The molecule has 0 spiro atoms. The van der Waals surface area contributed by atoms with Crippen molar-refractivity contribution in [3.05, 3.63) is 16.2 Å². The van der Waals surface area contributed by atoms with Crippen LogP contribution in [0.3, 0.4) is 0 Å². The summed E-state index contributed by atoms with van der Waals surface area (Å²) in [6.45, 7) is 8.29. The highest BCUT2D eigenvalue weighted by molar-refractivity contribution is 9.10. The van der Waals surface area contributed by atoms with Crippen molar-refractivity contribution in [3.8, 4) is 0 Å². The van der Waals surface area contributed by atoms with Crippen molar-refractivity contribution in [2.24, 2.45) is 0 Å². The van der Waals surface area contributed by atoms with Gasteiger partial charge < -0.3 is 16.0 Å². The van der Waals surface area contributed by atoms with E-state index in [0.29, 0.717) is 11.7 Å². The Bertz CT molecular complexity index is 395. The van der Waals surface area contributed by atoms with Gasteiger partial charge in [-0.15, -0.1) is 0 Å². The van der Waals surface area contributed by atoms with Crippen molar-refractivity contribution in [3.63, 3.8) is 0 Å². The quantitative estimate of drug-likeness (QED) is 0.847. The largest absolute Gasteiger partial charge is 0.397 e. The molecular formula is C13H23BrN4. The molecule has 1 atom stereocenters. The van der Waals surface area contributed by atoms with Gasteiger partial charge in [-0.25, -0.2) is 4.98 Å². The van der Waals surface area contributed by atoms with E-state index in [2.05, 4.69) is 52.0 Å². The van der Waals surface area contributed by atoms with E-state index in [-0.39, 0.29) is 0 Å².